The maximum Gasteiger partial charge on any atom is 0.322 e. The highest BCUT2D eigenvalue weighted by Gasteiger charge is 2.57. The standard InChI is InChI=1S/C21H26F2N4OS/c1-19(22,23)18-25-17(26-28-18)21-9-7-20(12-21,8-10-21)13-24-15-3-2-4-16(11-15)29-27-14-5-6-14/h2-4,11,14,24,27H,5-10,12-13H2,1H3. The maximum absolute atomic E-state index is 13.5. The molecule has 3 saturated carbocycles. The van der Waals surface area contributed by atoms with Crippen molar-refractivity contribution in [3.05, 3.63) is 36.0 Å². The Kier molecular flexibility index (Phi) is 4.62. The molecule has 156 valence electrons. The second-order valence-corrected chi connectivity index (χ2v) is 10.1. The van der Waals surface area contributed by atoms with Crippen LogP contribution in [0.5, 0.6) is 0 Å². The van der Waals surface area contributed by atoms with E-state index < -0.39 is 11.8 Å². The minimum absolute atomic E-state index is 0.172. The van der Waals surface area contributed by atoms with Crippen molar-refractivity contribution in [2.75, 3.05) is 11.9 Å². The number of rotatable bonds is 8. The number of hydrogen-bond acceptors (Lipinski definition) is 6. The smallest absolute Gasteiger partial charge is 0.322 e. The van der Waals surface area contributed by atoms with Crippen LogP contribution in [0.1, 0.15) is 63.6 Å². The molecule has 3 fully saturated rings. The van der Waals surface area contributed by atoms with Crippen LogP contribution >= 0.6 is 11.9 Å². The van der Waals surface area contributed by atoms with Gasteiger partial charge in [-0.15, -0.1) is 0 Å². The van der Waals surface area contributed by atoms with Gasteiger partial charge in [-0.25, -0.2) is 0 Å². The topological polar surface area (TPSA) is 63.0 Å². The number of nitrogens with zero attached hydrogens (tertiary/aromatic N) is 2. The number of aromatic nitrogens is 2. The molecular formula is C21H26F2N4OS. The van der Waals surface area contributed by atoms with E-state index in [4.69, 9.17) is 4.52 Å². The van der Waals surface area contributed by atoms with Gasteiger partial charge in [0.2, 0.25) is 0 Å². The van der Waals surface area contributed by atoms with E-state index in [2.05, 4.69) is 44.4 Å². The molecule has 1 aromatic heterocycles. The zero-order valence-corrected chi connectivity index (χ0v) is 17.3. The van der Waals surface area contributed by atoms with Gasteiger partial charge in [0.25, 0.3) is 5.89 Å². The van der Waals surface area contributed by atoms with Crippen LogP contribution in [0.2, 0.25) is 0 Å². The fourth-order valence-corrected chi connectivity index (χ4v) is 5.67. The molecule has 2 aromatic rings. The van der Waals surface area contributed by atoms with Crippen molar-refractivity contribution in [3.8, 4) is 0 Å². The van der Waals surface area contributed by atoms with Crippen LogP contribution in [0.4, 0.5) is 14.5 Å². The first kappa shape index (κ1) is 19.3. The molecule has 0 saturated heterocycles. The SMILES string of the molecule is CC(F)(F)c1nc(C23CCC(CNc4cccc(SNC5CC5)c4)(CC2)C3)no1. The zero-order valence-electron chi connectivity index (χ0n) is 16.5. The molecule has 0 aliphatic heterocycles. The quantitative estimate of drug-likeness (QED) is 0.569. The Bertz CT molecular complexity index is 885. The lowest BCUT2D eigenvalue weighted by atomic mass is 9.81. The number of fused-ring (bicyclic) bond motifs is 2. The third-order valence-electron chi connectivity index (χ3n) is 6.68. The lowest BCUT2D eigenvalue weighted by Gasteiger charge is -2.27. The molecular weight excluding hydrogens is 394 g/mol. The van der Waals surface area contributed by atoms with Crippen LogP contribution < -0.4 is 10.0 Å². The van der Waals surface area contributed by atoms with Gasteiger partial charge >= 0.3 is 5.92 Å². The molecule has 2 bridgehead atoms. The molecule has 29 heavy (non-hydrogen) atoms. The third kappa shape index (κ3) is 3.89. The number of hydrogen-bond donors (Lipinski definition) is 2. The minimum atomic E-state index is -3.09. The van der Waals surface area contributed by atoms with Crippen LogP contribution in [0.25, 0.3) is 0 Å². The number of alkyl halides is 2. The summed E-state index contributed by atoms with van der Waals surface area (Å²) in [6, 6.07) is 9.15. The van der Waals surface area contributed by atoms with Gasteiger partial charge in [-0.2, -0.15) is 13.8 Å². The number of halogens is 2. The molecule has 1 heterocycles. The van der Waals surface area contributed by atoms with E-state index in [0.717, 1.165) is 51.3 Å². The average Bonchev–Trinajstić information content (AvgIpc) is 3.12. The Labute approximate surface area is 173 Å². The maximum atomic E-state index is 13.5. The first-order valence-electron chi connectivity index (χ1n) is 10.3. The Balaban J connectivity index is 1.23. The third-order valence-corrected chi connectivity index (χ3v) is 7.62. The zero-order chi connectivity index (χ0) is 20.1. The first-order valence-corrected chi connectivity index (χ1v) is 11.2. The van der Waals surface area contributed by atoms with E-state index >= 15 is 0 Å². The lowest BCUT2D eigenvalue weighted by Crippen LogP contribution is -2.24. The average molecular weight is 421 g/mol. The Morgan fingerprint density at radius 1 is 1.24 bits per heavy atom. The van der Waals surface area contributed by atoms with Gasteiger partial charge in [-0.1, -0.05) is 11.2 Å². The molecule has 0 atom stereocenters. The van der Waals surface area contributed by atoms with E-state index in [1.165, 1.54) is 17.7 Å². The van der Waals surface area contributed by atoms with Crippen molar-refractivity contribution in [2.24, 2.45) is 5.41 Å². The molecule has 5 rings (SSSR count). The second-order valence-electron chi connectivity index (χ2n) is 9.14. The summed E-state index contributed by atoms with van der Waals surface area (Å²) in [5.41, 5.74) is 1.09. The molecule has 0 amide bonds. The molecule has 3 aliphatic rings. The van der Waals surface area contributed by atoms with E-state index in [0.29, 0.717) is 11.9 Å². The van der Waals surface area contributed by atoms with Gasteiger partial charge in [-0.05, 0) is 80.5 Å². The number of benzene rings is 1. The molecule has 0 radical (unpaired) electrons. The van der Waals surface area contributed by atoms with Crippen molar-refractivity contribution in [2.45, 2.75) is 74.1 Å². The summed E-state index contributed by atoms with van der Waals surface area (Å²) in [7, 11) is 0. The molecule has 3 aliphatic carbocycles. The van der Waals surface area contributed by atoms with Crippen molar-refractivity contribution in [1.82, 2.24) is 14.9 Å². The van der Waals surface area contributed by atoms with Crippen LogP contribution in [0.15, 0.2) is 33.7 Å². The Morgan fingerprint density at radius 3 is 2.72 bits per heavy atom. The molecule has 5 nitrogen and oxygen atoms in total. The Hall–Kier alpha value is -1.67. The highest BCUT2D eigenvalue weighted by atomic mass is 32.2. The van der Waals surface area contributed by atoms with Crippen LogP contribution in [-0.4, -0.2) is 22.7 Å². The van der Waals surface area contributed by atoms with Gasteiger partial charge < -0.3 is 9.84 Å². The number of anilines is 1. The van der Waals surface area contributed by atoms with Crippen molar-refractivity contribution >= 4 is 17.6 Å². The van der Waals surface area contributed by atoms with E-state index in [9.17, 15) is 8.78 Å². The van der Waals surface area contributed by atoms with Crippen LogP contribution in [0, 0.1) is 5.41 Å². The molecule has 8 heteroatoms. The first-order chi connectivity index (χ1) is 13.9. The fourth-order valence-electron chi connectivity index (χ4n) is 4.80. The van der Waals surface area contributed by atoms with E-state index in [1.54, 1.807) is 11.9 Å². The minimum Gasteiger partial charge on any atom is -0.384 e. The second kappa shape index (κ2) is 6.94. The number of nitrogens with one attached hydrogen (secondary N) is 2. The highest BCUT2D eigenvalue weighted by Crippen LogP contribution is 2.61. The van der Waals surface area contributed by atoms with Gasteiger partial charge in [-0.3, -0.25) is 4.72 Å². The van der Waals surface area contributed by atoms with Crippen molar-refractivity contribution in [1.29, 1.82) is 0 Å². The van der Waals surface area contributed by atoms with Gasteiger partial charge in [0.15, 0.2) is 5.82 Å². The highest BCUT2D eigenvalue weighted by molar-refractivity contribution is 7.97. The van der Waals surface area contributed by atoms with E-state index in [-0.39, 0.29) is 10.8 Å². The van der Waals surface area contributed by atoms with Crippen LogP contribution in [0.3, 0.4) is 0 Å². The van der Waals surface area contributed by atoms with Crippen molar-refractivity contribution in [3.63, 3.8) is 0 Å². The molecule has 2 N–H and O–H groups in total. The summed E-state index contributed by atoms with van der Waals surface area (Å²) in [6.45, 7) is 1.68. The summed E-state index contributed by atoms with van der Waals surface area (Å²) in [5.74, 6) is -3.19. The van der Waals surface area contributed by atoms with Gasteiger partial charge in [0, 0.05) is 35.5 Å². The Morgan fingerprint density at radius 2 is 2.03 bits per heavy atom. The largest absolute Gasteiger partial charge is 0.384 e. The predicted octanol–water partition coefficient (Wildman–Crippen LogP) is 5.25. The molecule has 0 spiro atoms. The van der Waals surface area contributed by atoms with Gasteiger partial charge in [0.1, 0.15) is 0 Å². The normalized spacial score (nSPS) is 28.8. The van der Waals surface area contributed by atoms with Crippen molar-refractivity contribution < 1.29 is 13.3 Å². The molecule has 1 aromatic carbocycles. The summed E-state index contributed by atoms with van der Waals surface area (Å²) >= 11 is 1.70. The lowest BCUT2D eigenvalue weighted by molar-refractivity contribution is -0.0158. The fraction of sp³-hybridized carbons (Fsp3) is 0.619. The summed E-state index contributed by atoms with van der Waals surface area (Å²) in [6.07, 6.45) is 7.46. The van der Waals surface area contributed by atoms with E-state index in [1.807, 2.05) is 0 Å². The van der Waals surface area contributed by atoms with Crippen LogP contribution in [-0.2, 0) is 11.3 Å². The molecule has 0 unspecified atom stereocenters. The predicted molar refractivity (Wildman–Crippen MR) is 108 cm³/mol. The monoisotopic (exact) mass is 420 g/mol. The summed E-state index contributed by atoms with van der Waals surface area (Å²) in [4.78, 5) is 5.29. The summed E-state index contributed by atoms with van der Waals surface area (Å²) < 4.78 is 35.3. The summed E-state index contributed by atoms with van der Waals surface area (Å²) in [5, 5.41) is 7.56. The van der Waals surface area contributed by atoms with Gasteiger partial charge in [0.05, 0.1) is 0 Å².